The molecule has 2 rings (SSSR count). The molecular weight excluding hydrogens is 262 g/mol. The van der Waals surface area contributed by atoms with Gasteiger partial charge in [0, 0.05) is 32.0 Å². The van der Waals surface area contributed by atoms with Crippen molar-refractivity contribution < 1.29 is 4.74 Å². The molecule has 0 unspecified atom stereocenters. The van der Waals surface area contributed by atoms with E-state index in [2.05, 4.69) is 28.2 Å². The predicted octanol–water partition coefficient (Wildman–Crippen LogP) is 2.85. The summed E-state index contributed by atoms with van der Waals surface area (Å²) in [7, 11) is 1.75. The molecular formula is C14H26ClN3O. The molecule has 1 aliphatic rings. The number of nitrogens with one attached hydrogen (secondary N) is 1. The van der Waals surface area contributed by atoms with E-state index in [-0.39, 0.29) is 12.4 Å². The van der Waals surface area contributed by atoms with Crippen LogP contribution in [0.4, 0.5) is 0 Å². The van der Waals surface area contributed by atoms with Crippen LogP contribution in [0.3, 0.4) is 0 Å². The van der Waals surface area contributed by atoms with Gasteiger partial charge in [0.05, 0.1) is 11.7 Å². The number of hydrogen-bond acceptors (Lipinski definition) is 3. The van der Waals surface area contributed by atoms with Crippen molar-refractivity contribution in [3.63, 3.8) is 0 Å². The molecule has 0 aliphatic heterocycles. The zero-order valence-electron chi connectivity index (χ0n) is 12.0. The fourth-order valence-corrected chi connectivity index (χ4v) is 2.61. The van der Waals surface area contributed by atoms with Crippen LogP contribution < -0.4 is 5.32 Å². The first-order valence-electron chi connectivity index (χ1n) is 7.05. The molecule has 0 atom stereocenters. The highest BCUT2D eigenvalue weighted by Gasteiger charge is 2.18. The first kappa shape index (κ1) is 16.5. The fourth-order valence-electron chi connectivity index (χ4n) is 2.61. The lowest BCUT2D eigenvalue weighted by Crippen LogP contribution is -2.16. The summed E-state index contributed by atoms with van der Waals surface area (Å²) in [6.07, 6.45) is 8.59. The molecule has 0 aromatic carbocycles. The van der Waals surface area contributed by atoms with Gasteiger partial charge in [0.1, 0.15) is 0 Å². The average molecular weight is 288 g/mol. The summed E-state index contributed by atoms with van der Waals surface area (Å²) in [5.74, 6) is 0. The molecule has 1 aromatic heterocycles. The van der Waals surface area contributed by atoms with Gasteiger partial charge in [-0.1, -0.05) is 12.8 Å². The van der Waals surface area contributed by atoms with Gasteiger partial charge in [-0.15, -0.1) is 12.4 Å². The van der Waals surface area contributed by atoms with E-state index in [1.165, 1.54) is 36.9 Å². The Balaban J connectivity index is 0.00000180. The molecule has 0 spiro atoms. The lowest BCUT2D eigenvalue weighted by atomic mass is 10.2. The summed E-state index contributed by atoms with van der Waals surface area (Å²) >= 11 is 0. The van der Waals surface area contributed by atoms with Crippen molar-refractivity contribution in [1.82, 2.24) is 15.1 Å². The molecule has 1 aromatic rings. The minimum Gasteiger partial charge on any atom is -0.385 e. The smallest absolute Gasteiger partial charge is 0.0638 e. The van der Waals surface area contributed by atoms with Crippen molar-refractivity contribution in [2.45, 2.75) is 51.6 Å². The van der Waals surface area contributed by atoms with Crippen molar-refractivity contribution in [3.8, 4) is 0 Å². The second-order valence-corrected chi connectivity index (χ2v) is 5.18. The van der Waals surface area contributed by atoms with Crippen LogP contribution in [0.15, 0.2) is 6.20 Å². The van der Waals surface area contributed by atoms with Crippen molar-refractivity contribution in [3.05, 3.63) is 17.5 Å². The third-order valence-corrected chi connectivity index (χ3v) is 3.73. The van der Waals surface area contributed by atoms with E-state index in [0.717, 1.165) is 26.1 Å². The van der Waals surface area contributed by atoms with Gasteiger partial charge in [0.25, 0.3) is 0 Å². The Morgan fingerprint density at radius 3 is 2.84 bits per heavy atom. The summed E-state index contributed by atoms with van der Waals surface area (Å²) in [4.78, 5) is 0. The lowest BCUT2D eigenvalue weighted by Gasteiger charge is -2.08. The molecule has 4 nitrogen and oxygen atoms in total. The molecule has 110 valence electrons. The van der Waals surface area contributed by atoms with Crippen LogP contribution in [0, 0.1) is 6.92 Å². The van der Waals surface area contributed by atoms with E-state index in [1.54, 1.807) is 7.11 Å². The number of methoxy groups -OCH3 is 1. The minimum atomic E-state index is 0. The van der Waals surface area contributed by atoms with Crippen LogP contribution in [-0.2, 0) is 11.3 Å². The highest BCUT2D eigenvalue weighted by Crippen LogP contribution is 2.29. The fraction of sp³-hybridized carbons (Fsp3) is 0.786. The quantitative estimate of drug-likeness (QED) is 0.784. The molecule has 0 bridgehead atoms. The Morgan fingerprint density at radius 1 is 1.42 bits per heavy atom. The van der Waals surface area contributed by atoms with Gasteiger partial charge in [-0.25, -0.2) is 0 Å². The normalized spacial score (nSPS) is 15.7. The topological polar surface area (TPSA) is 39.1 Å². The second kappa shape index (κ2) is 8.56. The largest absolute Gasteiger partial charge is 0.385 e. The van der Waals surface area contributed by atoms with Crippen LogP contribution >= 0.6 is 12.4 Å². The molecule has 1 saturated carbocycles. The Kier molecular flexibility index (Phi) is 7.42. The van der Waals surface area contributed by atoms with Crippen LogP contribution in [0.2, 0.25) is 0 Å². The maximum absolute atomic E-state index is 5.03. The molecule has 0 saturated heterocycles. The molecule has 1 N–H and O–H groups in total. The first-order valence-corrected chi connectivity index (χ1v) is 7.05. The maximum Gasteiger partial charge on any atom is 0.0638 e. The molecule has 1 aliphatic carbocycles. The average Bonchev–Trinajstić information content (AvgIpc) is 2.99. The number of ether oxygens (including phenoxy) is 1. The van der Waals surface area contributed by atoms with E-state index < -0.39 is 0 Å². The van der Waals surface area contributed by atoms with Crippen molar-refractivity contribution in [2.75, 3.05) is 20.3 Å². The number of rotatable bonds is 7. The number of hydrogen-bond donors (Lipinski definition) is 1. The molecule has 19 heavy (non-hydrogen) atoms. The van der Waals surface area contributed by atoms with Crippen LogP contribution in [0.1, 0.15) is 49.4 Å². The molecule has 0 amide bonds. The van der Waals surface area contributed by atoms with Gasteiger partial charge in [-0.05, 0) is 32.7 Å². The van der Waals surface area contributed by atoms with Crippen molar-refractivity contribution in [2.24, 2.45) is 0 Å². The van der Waals surface area contributed by atoms with Crippen LogP contribution in [-0.4, -0.2) is 30.0 Å². The molecule has 1 heterocycles. The third-order valence-electron chi connectivity index (χ3n) is 3.73. The second-order valence-electron chi connectivity index (χ2n) is 5.18. The SMILES string of the molecule is COCCCNCc1cn(C2CCCC2)nc1C.Cl. The Morgan fingerprint density at radius 2 is 2.16 bits per heavy atom. The molecule has 5 heteroatoms. The predicted molar refractivity (Wildman–Crippen MR) is 79.9 cm³/mol. The molecule has 1 fully saturated rings. The van der Waals surface area contributed by atoms with Gasteiger partial charge in [-0.3, -0.25) is 4.68 Å². The van der Waals surface area contributed by atoms with Crippen LogP contribution in [0.25, 0.3) is 0 Å². The molecule has 0 radical (unpaired) electrons. The minimum absolute atomic E-state index is 0. The Bertz CT molecular complexity index is 362. The summed E-state index contributed by atoms with van der Waals surface area (Å²) in [6, 6.07) is 0.644. The lowest BCUT2D eigenvalue weighted by molar-refractivity contribution is 0.194. The standard InChI is InChI=1S/C14H25N3O.ClH/c1-12-13(10-15-8-5-9-18-2)11-17(16-12)14-6-3-4-7-14;/h11,14-15H,3-10H2,1-2H3;1H. The van der Waals surface area contributed by atoms with E-state index in [0.29, 0.717) is 6.04 Å². The summed E-state index contributed by atoms with van der Waals surface area (Å²) in [6.45, 7) is 4.86. The Labute approximate surface area is 122 Å². The highest BCUT2D eigenvalue weighted by molar-refractivity contribution is 5.85. The van der Waals surface area contributed by atoms with E-state index >= 15 is 0 Å². The van der Waals surface area contributed by atoms with Crippen molar-refractivity contribution >= 4 is 12.4 Å². The maximum atomic E-state index is 5.03. The number of nitrogens with zero attached hydrogens (tertiary/aromatic N) is 2. The number of aryl methyl sites for hydroxylation is 1. The van der Waals surface area contributed by atoms with Crippen molar-refractivity contribution in [1.29, 1.82) is 0 Å². The Hall–Kier alpha value is -0.580. The first-order chi connectivity index (χ1) is 8.81. The third kappa shape index (κ3) is 4.79. The van der Waals surface area contributed by atoms with Gasteiger partial charge in [-0.2, -0.15) is 5.10 Å². The summed E-state index contributed by atoms with van der Waals surface area (Å²) in [5.41, 5.74) is 2.50. The summed E-state index contributed by atoms with van der Waals surface area (Å²) < 4.78 is 7.22. The number of halogens is 1. The number of aromatic nitrogens is 2. The van der Waals surface area contributed by atoms with E-state index in [9.17, 15) is 0 Å². The van der Waals surface area contributed by atoms with Gasteiger partial charge >= 0.3 is 0 Å². The monoisotopic (exact) mass is 287 g/mol. The van der Waals surface area contributed by atoms with E-state index in [1.807, 2.05) is 0 Å². The zero-order chi connectivity index (χ0) is 12.8. The van der Waals surface area contributed by atoms with Gasteiger partial charge in [0.2, 0.25) is 0 Å². The van der Waals surface area contributed by atoms with Gasteiger partial charge in [0.15, 0.2) is 0 Å². The van der Waals surface area contributed by atoms with E-state index in [4.69, 9.17) is 4.74 Å². The summed E-state index contributed by atoms with van der Waals surface area (Å²) in [5, 5.41) is 8.11. The van der Waals surface area contributed by atoms with Gasteiger partial charge < -0.3 is 10.1 Å². The highest BCUT2D eigenvalue weighted by atomic mass is 35.5. The van der Waals surface area contributed by atoms with Crippen LogP contribution in [0.5, 0.6) is 0 Å². The zero-order valence-corrected chi connectivity index (χ0v) is 12.8.